The fraction of sp³-hybridized carbons (Fsp3) is 0.167. The number of thiophene rings is 1. The second kappa shape index (κ2) is 7.52. The van der Waals surface area contributed by atoms with E-state index >= 15 is 0 Å². The number of fused-ring (bicyclic) bond motifs is 1. The van der Waals surface area contributed by atoms with Crippen molar-refractivity contribution in [2.45, 2.75) is 16.7 Å². The van der Waals surface area contributed by atoms with Crippen molar-refractivity contribution in [1.82, 2.24) is 4.72 Å². The van der Waals surface area contributed by atoms with E-state index in [2.05, 4.69) is 4.72 Å². The molecule has 1 atom stereocenters. The van der Waals surface area contributed by atoms with E-state index < -0.39 is 27.8 Å². The minimum atomic E-state index is -3.89. The number of nitrogens with zero attached hydrogens (tertiary/aromatic N) is 1. The summed E-state index contributed by atoms with van der Waals surface area (Å²) < 4.78 is 43.8. The number of halogens is 3. The molecule has 2 heterocycles. The highest BCUT2D eigenvalue weighted by Crippen LogP contribution is 2.32. The molecule has 0 spiro atoms. The van der Waals surface area contributed by atoms with Crippen LogP contribution in [-0.4, -0.2) is 26.9 Å². The molecule has 0 saturated carbocycles. The van der Waals surface area contributed by atoms with Crippen LogP contribution in [0.3, 0.4) is 0 Å². The fourth-order valence-electron chi connectivity index (χ4n) is 3.09. The number of amides is 1. The normalized spacial score (nSPS) is 17.6. The topological polar surface area (TPSA) is 66.5 Å². The molecule has 1 amide bonds. The first kappa shape index (κ1) is 20.0. The van der Waals surface area contributed by atoms with E-state index in [1.54, 1.807) is 30.3 Å². The Hall–Kier alpha value is -1.27. The van der Waals surface area contributed by atoms with Crippen molar-refractivity contribution in [3.05, 3.63) is 56.9 Å². The zero-order valence-corrected chi connectivity index (χ0v) is 18.7. The largest absolute Gasteiger partial charge is 0.308 e. The fourth-order valence-corrected chi connectivity index (χ4v) is 6.45. The highest BCUT2D eigenvalue weighted by Gasteiger charge is 2.37. The Morgan fingerprint density at radius 2 is 2.00 bits per heavy atom. The van der Waals surface area contributed by atoms with E-state index in [4.69, 9.17) is 11.6 Å². The van der Waals surface area contributed by atoms with Crippen molar-refractivity contribution in [2.75, 3.05) is 11.4 Å². The Balaban J connectivity index is 1.57. The molecule has 2 aromatic carbocycles. The highest BCUT2D eigenvalue weighted by atomic mass is 127. The number of carbonyl (C=O) groups excluding carboxylic acids is 1. The maximum Gasteiger partial charge on any atom is 0.250 e. The Morgan fingerprint density at radius 1 is 1.21 bits per heavy atom. The molecule has 1 saturated heterocycles. The second-order valence-electron chi connectivity index (χ2n) is 6.30. The van der Waals surface area contributed by atoms with E-state index in [-0.39, 0.29) is 22.9 Å². The van der Waals surface area contributed by atoms with Crippen LogP contribution >= 0.6 is 45.5 Å². The Bertz CT molecular complexity index is 1200. The molecular formula is C18H13ClFIN2O3S2. The minimum absolute atomic E-state index is 0.108. The van der Waals surface area contributed by atoms with Crippen LogP contribution in [-0.2, 0) is 14.8 Å². The van der Waals surface area contributed by atoms with Crippen LogP contribution in [0.4, 0.5) is 10.1 Å². The zero-order chi connectivity index (χ0) is 20.1. The first-order chi connectivity index (χ1) is 13.2. The predicted octanol–water partition coefficient (Wildman–Crippen LogP) is 4.38. The Labute approximate surface area is 183 Å². The molecule has 0 bridgehead atoms. The average molecular weight is 551 g/mol. The summed E-state index contributed by atoms with van der Waals surface area (Å²) in [6.07, 6.45) is 0.264. The van der Waals surface area contributed by atoms with Gasteiger partial charge in [0.2, 0.25) is 5.91 Å². The monoisotopic (exact) mass is 550 g/mol. The molecule has 0 aliphatic carbocycles. The zero-order valence-electron chi connectivity index (χ0n) is 14.2. The summed E-state index contributed by atoms with van der Waals surface area (Å²) in [5.41, 5.74) is 0.156. The summed E-state index contributed by atoms with van der Waals surface area (Å²) in [7, 11) is -3.89. The maximum atomic E-state index is 14.2. The van der Waals surface area contributed by atoms with Gasteiger partial charge >= 0.3 is 0 Å². The van der Waals surface area contributed by atoms with Gasteiger partial charge in [0.1, 0.15) is 16.1 Å². The van der Waals surface area contributed by atoms with Crippen molar-refractivity contribution >= 4 is 77.2 Å². The van der Waals surface area contributed by atoms with Gasteiger partial charge in [0.15, 0.2) is 0 Å². The Morgan fingerprint density at radius 3 is 2.75 bits per heavy atom. The van der Waals surface area contributed by atoms with Gasteiger partial charge in [-0.2, -0.15) is 4.72 Å². The van der Waals surface area contributed by atoms with Crippen molar-refractivity contribution in [3.63, 3.8) is 0 Å². The maximum absolute atomic E-state index is 14.2. The molecule has 3 aromatic rings. The molecule has 1 aliphatic rings. The van der Waals surface area contributed by atoms with E-state index in [1.807, 2.05) is 22.6 Å². The molecule has 146 valence electrons. The number of anilines is 1. The van der Waals surface area contributed by atoms with Crippen LogP contribution in [0.25, 0.3) is 10.1 Å². The van der Waals surface area contributed by atoms with E-state index in [0.717, 1.165) is 21.4 Å². The smallest absolute Gasteiger partial charge is 0.250 e. The molecule has 1 aromatic heterocycles. The first-order valence-corrected chi connectivity index (χ1v) is 12.0. The van der Waals surface area contributed by atoms with Gasteiger partial charge in [-0.3, -0.25) is 4.79 Å². The second-order valence-corrected chi connectivity index (χ2v) is 11.0. The summed E-state index contributed by atoms with van der Waals surface area (Å²) in [5, 5.41) is 1.28. The molecule has 1 aliphatic heterocycles. The lowest BCUT2D eigenvalue weighted by molar-refractivity contribution is -0.118. The van der Waals surface area contributed by atoms with Gasteiger partial charge < -0.3 is 4.90 Å². The lowest BCUT2D eigenvalue weighted by Crippen LogP contribution is -2.41. The molecule has 1 N–H and O–H groups in total. The van der Waals surface area contributed by atoms with E-state index in [1.165, 1.54) is 17.0 Å². The van der Waals surface area contributed by atoms with Gasteiger partial charge in [0.25, 0.3) is 10.0 Å². The minimum Gasteiger partial charge on any atom is -0.308 e. The van der Waals surface area contributed by atoms with Crippen LogP contribution in [0.15, 0.2) is 46.7 Å². The van der Waals surface area contributed by atoms with Gasteiger partial charge in [-0.15, -0.1) is 11.3 Å². The van der Waals surface area contributed by atoms with Crippen LogP contribution in [0.2, 0.25) is 5.02 Å². The number of hydrogen-bond donors (Lipinski definition) is 1. The molecule has 5 nitrogen and oxygen atoms in total. The number of carbonyl (C=O) groups is 1. The van der Waals surface area contributed by atoms with Gasteiger partial charge in [-0.05, 0) is 70.8 Å². The number of sulfonamides is 1. The summed E-state index contributed by atoms with van der Waals surface area (Å²) >= 11 is 9.02. The average Bonchev–Trinajstić information content (AvgIpc) is 3.20. The number of benzene rings is 2. The SMILES string of the molecule is O=C1[C@@H](NS(=O)(=O)c2cc3ccc(Cl)cc3s2)CCN1c1ccc(I)cc1F. The predicted molar refractivity (Wildman–Crippen MR) is 117 cm³/mol. The third kappa shape index (κ3) is 3.78. The van der Waals surface area contributed by atoms with Crippen LogP contribution < -0.4 is 9.62 Å². The summed E-state index contributed by atoms with van der Waals surface area (Å²) in [6, 6.07) is 10.3. The van der Waals surface area contributed by atoms with Crippen molar-refractivity contribution < 1.29 is 17.6 Å². The van der Waals surface area contributed by atoms with Gasteiger partial charge in [0, 0.05) is 19.8 Å². The first-order valence-electron chi connectivity index (χ1n) is 8.22. The third-order valence-electron chi connectivity index (χ3n) is 4.43. The number of nitrogens with one attached hydrogen (secondary N) is 1. The standard InChI is InChI=1S/C18H13ClFIN2O3S2/c19-11-2-1-10-7-17(27-16(10)8-11)28(25,26)22-14-5-6-23(18(14)24)15-4-3-12(21)9-13(15)20/h1-4,7-9,14,22H,5-6H2/t14-/m0/s1. The van der Waals surface area contributed by atoms with Crippen molar-refractivity contribution in [2.24, 2.45) is 0 Å². The third-order valence-corrected chi connectivity index (χ3v) is 8.38. The number of hydrogen-bond acceptors (Lipinski definition) is 4. The van der Waals surface area contributed by atoms with Gasteiger partial charge in [-0.1, -0.05) is 17.7 Å². The van der Waals surface area contributed by atoms with Crippen molar-refractivity contribution in [3.8, 4) is 0 Å². The molecule has 28 heavy (non-hydrogen) atoms. The highest BCUT2D eigenvalue weighted by molar-refractivity contribution is 14.1. The molecule has 0 unspecified atom stereocenters. The quantitative estimate of drug-likeness (QED) is 0.491. The Kier molecular flexibility index (Phi) is 5.38. The summed E-state index contributed by atoms with van der Waals surface area (Å²) in [5.74, 6) is -0.974. The van der Waals surface area contributed by atoms with Crippen LogP contribution in [0.5, 0.6) is 0 Å². The summed E-state index contributed by atoms with van der Waals surface area (Å²) in [6.45, 7) is 0.242. The van der Waals surface area contributed by atoms with Crippen LogP contribution in [0.1, 0.15) is 6.42 Å². The van der Waals surface area contributed by atoms with Gasteiger partial charge in [0.05, 0.1) is 5.69 Å². The molecular weight excluding hydrogens is 538 g/mol. The van der Waals surface area contributed by atoms with E-state index in [9.17, 15) is 17.6 Å². The van der Waals surface area contributed by atoms with Crippen molar-refractivity contribution in [1.29, 1.82) is 0 Å². The molecule has 1 fully saturated rings. The van der Waals surface area contributed by atoms with Gasteiger partial charge in [-0.25, -0.2) is 12.8 Å². The van der Waals surface area contributed by atoms with Crippen LogP contribution in [0, 0.1) is 9.39 Å². The lowest BCUT2D eigenvalue weighted by atomic mass is 10.2. The molecule has 4 rings (SSSR count). The molecule has 0 radical (unpaired) electrons. The number of rotatable bonds is 4. The summed E-state index contributed by atoms with van der Waals surface area (Å²) in [4.78, 5) is 14.0. The molecule has 10 heteroatoms. The lowest BCUT2D eigenvalue weighted by Gasteiger charge is -2.18. The van der Waals surface area contributed by atoms with E-state index in [0.29, 0.717) is 8.59 Å².